The molecule has 8 heteroatoms. The maximum atomic E-state index is 13.4. The minimum atomic E-state index is -1.08. The van der Waals surface area contributed by atoms with Crippen molar-refractivity contribution in [1.29, 1.82) is 0 Å². The molecule has 0 fully saturated rings. The third kappa shape index (κ3) is 5.74. The van der Waals surface area contributed by atoms with Crippen molar-refractivity contribution >= 4 is 17.6 Å². The Morgan fingerprint density at radius 3 is 2.00 bits per heavy atom. The molecule has 170 valence electrons. The van der Waals surface area contributed by atoms with E-state index < -0.39 is 28.8 Å². The highest BCUT2D eigenvalue weighted by Gasteiger charge is 2.29. The number of nitrogens with one attached hydrogen (secondary N) is 1. The van der Waals surface area contributed by atoms with Gasteiger partial charge in [-0.3, -0.25) is 14.9 Å². The molecule has 1 amide bonds. The lowest BCUT2D eigenvalue weighted by Gasteiger charge is -2.22. The van der Waals surface area contributed by atoms with Crippen LogP contribution in [0.4, 0.5) is 5.69 Å². The summed E-state index contributed by atoms with van der Waals surface area (Å²) in [5, 5.41) is 14.0. The van der Waals surface area contributed by atoms with E-state index in [1.54, 1.807) is 0 Å². The fourth-order valence-corrected chi connectivity index (χ4v) is 3.63. The van der Waals surface area contributed by atoms with E-state index in [4.69, 9.17) is 9.47 Å². The van der Waals surface area contributed by atoms with Gasteiger partial charge in [0.25, 0.3) is 5.69 Å². The zero-order valence-electron chi connectivity index (χ0n) is 18.3. The number of carbonyl (C=O) groups excluding carboxylic acids is 2. The van der Waals surface area contributed by atoms with Gasteiger partial charge in [-0.1, -0.05) is 60.7 Å². The van der Waals surface area contributed by atoms with Gasteiger partial charge in [-0.25, -0.2) is 4.79 Å². The molecular formula is C25H24N2O6. The smallest absolute Gasteiger partial charge is 0.328 e. The molecule has 3 rings (SSSR count). The van der Waals surface area contributed by atoms with Crippen LogP contribution in [0, 0.1) is 10.1 Å². The number of hydrogen-bond donors (Lipinski definition) is 1. The summed E-state index contributed by atoms with van der Waals surface area (Å²) in [5.41, 5.74) is 1.78. The monoisotopic (exact) mass is 448 g/mol. The number of nitro benzene ring substituents is 1. The maximum absolute atomic E-state index is 13.4. The van der Waals surface area contributed by atoms with Crippen molar-refractivity contribution in [3.63, 3.8) is 0 Å². The first-order valence-corrected chi connectivity index (χ1v) is 10.2. The third-order valence-electron chi connectivity index (χ3n) is 5.23. The van der Waals surface area contributed by atoms with Gasteiger partial charge in [0.2, 0.25) is 5.91 Å². The number of esters is 1. The zero-order valence-corrected chi connectivity index (χ0v) is 18.3. The Morgan fingerprint density at radius 1 is 0.939 bits per heavy atom. The molecule has 1 N–H and O–H groups in total. The predicted octanol–water partition coefficient (Wildman–Crippen LogP) is 3.64. The lowest BCUT2D eigenvalue weighted by atomic mass is 9.90. The zero-order chi connectivity index (χ0) is 23.8. The van der Waals surface area contributed by atoms with Gasteiger partial charge in [0, 0.05) is 24.1 Å². The molecule has 0 aliphatic heterocycles. The number of nitro groups is 1. The van der Waals surface area contributed by atoms with Crippen molar-refractivity contribution in [2.45, 2.75) is 18.4 Å². The molecule has 8 nitrogen and oxygen atoms in total. The normalized spacial score (nSPS) is 11.5. The largest absolute Gasteiger partial charge is 0.496 e. The minimum Gasteiger partial charge on any atom is -0.496 e. The molecule has 0 bridgehead atoms. The van der Waals surface area contributed by atoms with E-state index >= 15 is 0 Å². The standard InChI is InChI=1S/C25H24N2O6/c1-32-22-14-13-20(27(30)31)15-19(22)16-21(25(29)33-2)26-24(28)23(17-9-5-3-6-10-17)18-11-7-4-8-12-18/h3-15,21,23H,16H2,1-2H3,(H,26,28)/t21-/m1/s1. The summed E-state index contributed by atoms with van der Waals surface area (Å²) in [6.45, 7) is 0. The summed E-state index contributed by atoms with van der Waals surface area (Å²) >= 11 is 0. The van der Waals surface area contributed by atoms with E-state index in [2.05, 4.69) is 5.32 Å². The molecule has 33 heavy (non-hydrogen) atoms. The van der Waals surface area contributed by atoms with Crippen molar-refractivity contribution in [1.82, 2.24) is 5.32 Å². The number of nitrogens with zero attached hydrogens (tertiary/aromatic N) is 1. The summed E-state index contributed by atoms with van der Waals surface area (Å²) in [6.07, 6.45) is -0.0421. The molecule has 0 aliphatic rings. The number of benzene rings is 3. The van der Waals surface area contributed by atoms with Gasteiger partial charge in [0.1, 0.15) is 11.8 Å². The van der Waals surface area contributed by atoms with Gasteiger partial charge in [-0.2, -0.15) is 0 Å². The van der Waals surface area contributed by atoms with Crippen LogP contribution in [-0.4, -0.2) is 37.1 Å². The van der Waals surface area contributed by atoms with Gasteiger partial charge in [-0.05, 0) is 17.2 Å². The maximum Gasteiger partial charge on any atom is 0.328 e. The Hall–Kier alpha value is -4.20. The van der Waals surface area contributed by atoms with E-state index in [0.29, 0.717) is 11.3 Å². The summed E-state index contributed by atoms with van der Waals surface area (Å²) in [4.78, 5) is 36.7. The molecule has 1 atom stereocenters. The average Bonchev–Trinajstić information content (AvgIpc) is 2.84. The quantitative estimate of drug-likeness (QED) is 0.304. The van der Waals surface area contributed by atoms with Gasteiger partial charge in [-0.15, -0.1) is 0 Å². The number of ether oxygens (including phenoxy) is 2. The van der Waals surface area contributed by atoms with E-state index in [9.17, 15) is 19.7 Å². The van der Waals surface area contributed by atoms with Crippen LogP contribution in [0.25, 0.3) is 0 Å². The summed E-state index contributed by atoms with van der Waals surface area (Å²) < 4.78 is 10.2. The van der Waals surface area contributed by atoms with E-state index in [1.807, 2.05) is 60.7 Å². The van der Waals surface area contributed by atoms with Crippen LogP contribution in [0.5, 0.6) is 5.75 Å². The molecule has 0 aliphatic carbocycles. The number of methoxy groups -OCH3 is 2. The second-order valence-corrected chi connectivity index (χ2v) is 7.30. The number of amides is 1. The minimum absolute atomic E-state index is 0.0421. The van der Waals surface area contributed by atoms with Crippen molar-refractivity contribution in [3.05, 3.63) is 106 Å². The Kier molecular flexibility index (Phi) is 7.75. The summed E-state index contributed by atoms with van der Waals surface area (Å²) in [7, 11) is 2.65. The van der Waals surface area contributed by atoms with Crippen molar-refractivity contribution < 1.29 is 24.0 Å². The van der Waals surface area contributed by atoms with Crippen molar-refractivity contribution in [3.8, 4) is 5.75 Å². The number of hydrogen-bond acceptors (Lipinski definition) is 6. The molecule has 3 aromatic carbocycles. The molecule has 0 heterocycles. The highest BCUT2D eigenvalue weighted by Crippen LogP contribution is 2.27. The van der Waals surface area contributed by atoms with Crippen molar-refractivity contribution in [2.24, 2.45) is 0 Å². The van der Waals surface area contributed by atoms with Crippen LogP contribution in [-0.2, 0) is 20.7 Å². The van der Waals surface area contributed by atoms with Crippen LogP contribution in [0.1, 0.15) is 22.6 Å². The van der Waals surface area contributed by atoms with Crippen LogP contribution >= 0.6 is 0 Å². The lowest BCUT2D eigenvalue weighted by molar-refractivity contribution is -0.384. The molecule has 3 aromatic rings. The van der Waals surface area contributed by atoms with E-state index in [1.165, 1.54) is 32.4 Å². The third-order valence-corrected chi connectivity index (χ3v) is 5.23. The first-order valence-electron chi connectivity index (χ1n) is 10.2. The first kappa shape index (κ1) is 23.5. The fourth-order valence-electron chi connectivity index (χ4n) is 3.63. The Balaban J connectivity index is 1.94. The van der Waals surface area contributed by atoms with Crippen LogP contribution < -0.4 is 10.1 Å². The van der Waals surface area contributed by atoms with Crippen molar-refractivity contribution in [2.75, 3.05) is 14.2 Å². The lowest BCUT2D eigenvalue weighted by Crippen LogP contribution is -2.45. The Bertz CT molecular complexity index is 1080. The highest BCUT2D eigenvalue weighted by molar-refractivity contribution is 5.91. The Morgan fingerprint density at radius 2 is 1.52 bits per heavy atom. The Labute approximate surface area is 191 Å². The van der Waals surface area contributed by atoms with Gasteiger partial charge >= 0.3 is 5.97 Å². The van der Waals surface area contributed by atoms with Gasteiger partial charge < -0.3 is 14.8 Å². The molecule has 0 radical (unpaired) electrons. The molecule has 0 spiro atoms. The SMILES string of the molecule is COC(=O)[C@@H](Cc1cc([N+](=O)[O-])ccc1OC)NC(=O)C(c1ccccc1)c1ccccc1. The van der Waals surface area contributed by atoms with E-state index in [0.717, 1.165) is 11.1 Å². The van der Waals surface area contributed by atoms with E-state index in [-0.39, 0.29) is 12.1 Å². The molecule has 0 saturated carbocycles. The molecular weight excluding hydrogens is 424 g/mol. The van der Waals surface area contributed by atoms with Gasteiger partial charge in [0.15, 0.2) is 0 Å². The number of non-ortho nitro benzene ring substituents is 1. The molecule has 0 saturated heterocycles. The first-order chi connectivity index (χ1) is 15.9. The topological polar surface area (TPSA) is 108 Å². The summed E-state index contributed by atoms with van der Waals surface area (Å²) in [6, 6.07) is 21.5. The molecule has 0 unspecified atom stereocenters. The number of rotatable bonds is 9. The van der Waals surface area contributed by atoms with Crippen LogP contribution in [0.3, 0.4) is 0 Å². The van der Waals surface area contributed by atoms with Crippen LogP contribution in [0.2, 0.25) is 0 Å². The average molecular weight is 448 g/mol. The molecule has 0 aromatic heterocycles. The highest BCUT2D eigenvalue weighted by atomic mass is 16.6. The van der Waals surface area contributed by atoms with Crippen LogP contribution in [0.15, 0.2) is 78.9 Å². The fraction of sp³-hybridized carbons (Fsp3) is 0.200. The second-order valence-electron chi connectivity index (χ2n) is 7.30. The number of carbonyl (C=O) groups is 2. The van der Waals surface area contributed by atoms with Gasteiger partial charge in [0.05, 0.1) is 25.1 Å². The second kappa shape index (κ2) is 10.9. The predicted molar refractivity (Wildman–Crippen MR) is 122 cm³/mol. The summed E-state index contributed by atoms with van der Waals surface area (Å²) in [5.74, 6) is -1.36.